The fourth-order valence-electron chi connectivity index (χ4n) is 5.41. The minimum Gasteiger partial charge on any atom is -0.462 e. The van der Waals surface area contributed by atoms with E-state index in [0.29, 0.717) is 6.42 Å². The van der Waals surface area contributed by atoms with Crippen LogP contribution in [0.1, 0.15) is 175 Å². The van der Waals surface area contributed by atoms with Gasteiger partial charge < -0.3 is 14.4 Å². The highest BCUT2D eigenvalue weighted by Gasteiger charge is 2.25. The van der Waals surface area contributed by atoms with Crippen molar-refractivity contribution in [1.29, 1.82) is 0 Å². The second-order valence-corrected chi connectivity index (χ2v) is 15.1. The summed E-state index contributed by atoms with van der Waals surface area (Å²) in [4.78, 5) is 34.7. The fourth-order valence-corrected chi connectivity index (χ4v) is 6.17. The number of carbonyl (C=O) groups is 2. The lowest BCUT2D eigenvalue weighted by Crippen LogP contribution is -2.29. The number of phosphoric ester groups is 1. The molecule has 2 unspecified atom stereocenters. The van der Waals surface area contributed by atoms with Crippen LogP contribution in [0.25, 0.3) is 0 Å². The number of ether oxygens (including phenoxy) is 2. The minimum absolute atomic E-state index is 0.0118. The molecule has 0 fully saturated rings. The Balaban J connectivity index is 4.15. The van der Waals surface area contributed by atoms with Crippen LogP contribution in [0.3, 0.4) is 0 Å². The summed E-state index contributed by atoms with van der Waals surface area (Å²) in [5, 5.41) is 0. The SMILES string of the molecule is CC/C=C\C/C=C\C/C=C\C/C=C\CCCCC(=O)OC(COC(=O)CCCCCCCCCCC/C=C\C/C=C\CCCCC)COP(=O)(O)OCC. The highest BCUT2D eigenvalue weighted by Crippen LogP contribution is 2.43. The van der Waals surface area contributed by atoms with Crippen molar-refractivity contribution in [1.82, 2.24) is 0 Å². The summed E-state index contributed by atoms with van der Waals surface area (Å²) >= 11 is 0. The van der Waals surface area contributed by atoms with Gasteiger partial charge in [-0.25, -0.2) is 4.57 Å². The van der Waals surface area contributed by atoms with Gasteiger partial charge in [-0.15, -0.1) is 0 Å². The molecular formula is C45H77O8P. The monoisotopic (exact) mass is 777 g/mol. The Hall–Kier alpha value is -2.51. The molecule has 0 aromatic carbocycles. The molecule has 8 nitrogen and oxygen atoms in total. The Morgan fingerprint density at radius 3 is 1.46 bits per heavy atom. The van der Waals surface area contributed by atoms with Gasteiger partial charge in [0.05, 0.1) is 13.2 Å². The Morgan fingerprint density at radius 1 is 0.519 bits per heavy atom. The Kier molecular flexibility index (Phi) is 38.3. The van der Waals surface area contributed by atoms with Crippen LogP contribution in [0.2, 0.25) is 0 Å². The van der Waals surface area contributed by atoms with Crippen molar-refractivity contribution >= 4 is 19.8 Å². The highest BCUT2D eigenvalue weighted by molar-refractivity contribution is 7.47. The molecule has 0 heterocycles. The maximum Gasteiger partial charge on any atom is 0.472 e. The third kappa shape index (κ3) is 39.2. The summed E-state index contributed by atoms with van der Waals surface area (Å²) in [6.07, 6.45) is 49.6. The average molecular weight is 777 g/mol. The van der Waals surface area contributed by atoms with Crippen LogP contribution in [-0.2, 0) is 32.7 Å². The van der Waals surface area contributed by atoms with Crippen LogP contribution in [0.4, 0.5) is 0 Å². The Morgan fingerprint density at radius 2 is 0.944 bits per heavy atom. The lowest BCUT2D eigenvalue weighted by molar-refractivity contribution is -0.161. The van der Waals surface area contributed by atoms with Crippen molar-refractivity contribution in [3.63, 3.8) is 0 Å². The number of phosphoric acid groups is 1. The molecular weight excluding hydrogens is 699 g/mol. The van der Waals surface area contributed by atoms with Gasteiger partial charge in [-0.1, -0.05) is 145 Å². The van der Waals surface area contributed by atoms with E-state index in [-0.39, 0.29) is 32.0 Å². The first-order valence-corrected chi connectivity index (χ1v) is 22.7. The molecule has 0 saturated heterocycles. The van der Waals surface area contributed by atoms with E-state index >= 15 is 0 Å². The summed E-state index contributed by atoms with van der Waals surface area (Å²) in [6, 6.07) is 0. The molecule has 0 radical (unpaired) electrons. The normalized spacial score (nSPS) is 14.1. The van der Waals surface area contributed by atoms with Gasteiger partial charge in [0.25, 0.3) is 0 Å². The van der Waals surface area contributed by atoms with E-state index in [0.717, 1.165) is 64.2 Å². The molecule has 0 aliphatic heterocycles. The quantitative estimate of drug-likeness (QED) is 0.0286. The van der Waals surface area contributed by atoms with Crippen LogP contribution >= 0.6 is 7.82 Å². The van der Waals surface area contributed by atoms with Crippen molar-refractivity contribution in [2.75, 3.05) is 19.8 Å². The van der Waals surface area contributed by atoms with Crippen LogP contribution in [-0.4, -0.2) is 42.8 Å². The van der Waals surface area contributed by atoms with Gasteiger partial charge in [-0.2, -0.15) is 0 Å². The third-order valence-electron chi connectivity index (χ3n) is 8.50. The predicted molar refractivity (Wildman–Crippen MR) is 225 cm³/mol. The minimum atomic E-state index is -4.30. The van der Waals surface area contributed by atoms with Gasteiger partial charge >= 0.3 is 19.8 Å². The second-order valence-electron chi connectivity index (χ2n) is 13.6. The molecule has 0 bridgehead atoms. The number of hydrogen-bond acceptors (Lipinski definition) is 7. The maximum absolute atomic E-state index is 12.5. The lowest BCUT2D eigenvalue weighted by atomic mass is 10.1. The summed E-state index contributed by atoms with van der Waals surface area (Å²) in [6.45, 7) is 5.27. The number of allylic oxidation sites excluding steroid dienone is 12. The van der Waals surface area contributed by atoms with E-state index in [1.165, 1.54) is 70.6 Å². The third-order valence-corrected chi connectivity index (χ3v) is 9.56. The first kappa shape index (κ1) is 51.5. The van der Waals surface area contributed by atoms with Crippen LogP contribution < -0.4 is 0 Å². The first-order chi connectivity index (χ1) is 26.3. The molecule has 0 aromatic heterocycles. The molecule has 54 heavy (non-hydrogen) atoms. The summed E-state index contributed by atoms with van der Waals surface area (Å²) < 4.78 is 32.6. The smallest absolute Gasteiger partial charge is 0.462 e. The van der Waals surface area contributed by atoms with E-state index in [1.54, 1.807) is 6.92 Å². The summed E-state index contributed by atoms with van der Waals surface area (Å²) in [7, 11) is -4.30. The zero-order valence-corrected chi connectivity index (χ0v) is 35.2. The van der Waals surface area contributed by atoms with Gasteiger partial charge in [0.15, 0.2) is 6.10 Å². The average Bonchev–Trinajstić information content (AvgIpc) is 3.15. The number of hydrogen-bond donors (Lipinski definition) is 1. The van der Waals surface area contributed by atoms with Crippen molar-refractivity contribution < 1.29 is 37.6 Å². The van der Waals surface area contributed by atoms with E-state index < -0.39 is 26.5 Å². The second kappa shape index (κ2) is 40.2. The zero-order valence-electron chi connectivity index (χ0n) is 34.3. The van der Waals surface area contributed by atoms with E-state index in [1.807, 2.05) is 0 Å². The molecule has 0 rings (SSSR count). The van der Waals surface area contributed by atoms with Crippen molar-refractivity contribution in [3.05, 3.63) is 72.9 Å². The number of rotatable bonds is 38. The maximum atomic E-state index is 12.5. The van der Waals surface area contributed by atoms with Gasteiger partial charge in [-0.3, -0.25) is 18.6 Å². The molecule has 0 saturated carbocycles. The summed E-state index contributed by atoms with van der Waals surface area (Å²) in [5.74, 6) is -0.856. The van der Waals surface area contributed by atoms with Crippen molar-refractivity contribution in [3.8, 4) is 0 Å². The van der Waals surface area contributed by atoms with Crippen molar-refractivity contribution in [2.45, 2.75) is 181 Å². The molecule has 0 aromatic rings. The standard InChI is InChI=1S/C45H77O8P/c1-4-7-9-11-13-15-17-19-21-22-23-24-26-27-29-31-33-35-37-39-44(46)50-41-43(42-52-54(48,49)51-6-3)53-45(47)40-38-36-34-32-30-28-25-20-18-16-14-12-10-8-5-2/h8,10,13-16,19-21,25,30,32,43H,4-7,9,11-12,17-18,22-24,26-29,31,33-42H2,1-3H3,(H,48,49)/b10-8-,15-13-,16-14-,21-19-,25-20-,32-30-. The fraction of sp³-hybridized carbons (Fsp3) is 0.689. The Labute approximate surface area is 330 Å². The van der Waals surface area contributed by atoms with Gasteiger partial charge in [0, 0.05) is 12.8 Å². The number of unbranched alkanes of at least 4 members (excludes halogenated alkanes) is 14. The molecule has 0 amide bonds. The van der Waals surface area contributed by atoms with E-state index in [2.05, 4.69) is 86.8 Å². The molecule has 2 atom stereocenters. The molecule has 9 heteroatoms. The Bertz CT molecular complexity index is 1110. The van der Waals surface area contributed by atoms with E-state index in [9.17, 15) is 19.0 Å². The van der Waals surface area contributed by atoms with Gasteiger partial charge in [-0.05, 0) is 90.4 Å². The first-order valence-electron chi connectivity index (χ1n) is 21.2. The van der Waals surface area contributed by atoms with Crippen LogP contribution in [0, 0.1) is 0 Å². The molecule has 0 aliphatic rings. The van der Waals surface area contributed by atoms with Crippen LogP contribution in [0.15, 0.2) is 72.9 Å². The number of carbonyl (C=O) groups excluding carboxylic acids is 2. The highest BCUT2D eigenvalue weighted by atomic mass is 31.2. The number of esters is 2. The van der Waals surface area contributed by atoms with Crippen LogP contribution in [0.5, 0.6) is 0 Å². The molecule has 1 N–H and O–H groups in total. The molecule has 0 spiro atoms. The lowest BCUT2D eigenvalue weighted by Gasteiger charge is -2.19. The largest absolute Gasteiger partial charge is 0.472 e. The molecule has 0 aliphatic carbocycles. The molecule has 310 valence electrons. The predicted octanol–water partition coefficient (Wildman–Crippen LogP) is 13.3. The van der Waals surface area contributed by atoms with Gasteiger partial charge in [0.1, 0.15) is 6.61 Å². The van der Waals surface area contributed by atoms with E-state index in [4.69, 9.17) is 18.5 Å². The van der Waals surface area contributed by atoms with Crippen molar-refractivity contribution in [2.24, 2.45) is 0 Å². The zero-order chi connectivity index (χ0) is 39.6. The summed E-state index contributed by atoms with van der Waals surface area (Å²) in [5.41, 5.74) is 0. The topological polar surface area (TPSA) is 108 Å². The van der Waals surface area contributed by atoms with Gasteiger partial charge in [0.2, 0.25) is 0 Å².